The molecule has 41 heavy (non-hydrogen) atoms. The van der Waals surface area contributed by atoms with Gasteiger partial charge in [0.1, 0.15) is 17.7 Å². The number of unbranched alkanes of at least 4 members (excludes halogenated alkanes) is 3. The van der Waals surface area contributed by atoms with Crippen molar-refractivity contribution in [2.24, 2.45) is 5.73 Å². The summed E-state index contributed by atoms with van der Waals surface area (Å²) in [6.07, 6.45) is 1.90. The summed E-state index contributed by atoms with van der Waals surface area (Å²) in [6, 6.07) is 3.14. The van der Waals surface area contributed by atoms with Crippen LogP contribution in [0.2, 0.25) is 0 Å². The highest BCUT2D eigenvalue weighted by Gasteiger charge is 2.37. The number of primary amides is 1. The first-order valence-electron chi connectivity index (χ1n) is 14.3. The van der Waals surface area contributed by atoms with E-state index in [0.29, 0.717) is 12.0 Å². The van der Waals surface area contributed by atoms with Crippen molar-refractivity contribution in [3.8, 4) is 0 Å². The number of rotatable bonds is 16. The molecule has 1 aromatic rings. The van der Waals surface area contributed by atoms with Gasteiger partial charge in [0.2, 0.25) is 17.7 Å². The Balaban J connectivity index is 3.52. The van der Waals surface area contributed by atoms with Gasteiger partial charge in [-0.15, -0.1) is 0 Å². The average molecular weight is 577 g/mol. The minimum Gasteiger partial charge on any atom is -0.466 e. The van der Waals surface area contributed by atoms with Crippen LogP contribution in [0.4, 0.5) is 4.79 Å². The SMILES string of the molecule is CCCCCCN(C(=O)C(CC(N)=O)NC(=O)OC(C)(C)C)C(C(=O)NCCC(=O)OCC)c1cc(C)cc(C)c1. The monoisotopic (exact) mass is 576 g/mol. The molecular weight excluding hydrogens is 528 g/mol. The Kier molecular flexibility index (Phi) is 14.9. The molecule has 0 spiro atoms. The molecule has 0 saturated heterocycles. The third-order valence-corrected chi connectivity index (χ3v) is 5.98. The van der Waals surface area contributed by atoms with E-state index in [4.69, 9.17) is 15.2 Å². The number of hydrogen-bond donors (Lipinski definition) is 3. The lowest BCUT2D eigenvalue weighted by molar-refractivity contribution is -0.144. The maximum Gasteiger partial charge on any atom is 0.408 e. The van der Waals surface area contributed by atoms with Gasteiger partial charge in [-0.2, -0.15) is 0 Å². The molecule has 0 fully saturated rings. The lowest BCUT2D eigenvalue weighted by atomic mass is 9.97. The summed E-state index contributed by atoms with van der Waals surface area (Å²) >= 11 is 0. The molecule has 0 saturated carbocycles. The summed E-state index contributed by atoms with van der Waals surface area (Å²) in [4.78, 5) is 65.6. The van der Waals surface area contributed by atoms with Gasteiger partial charge < -0.3 is 30.7 Å². The number of esters is 1. The lowest BCUT2D eigenvalue weighted by Gasteiger charge is -2.34. The molecule has 4 amide bonds. The number of nitrogens with zero attached hydrogens (tertiary/aromatic N) is 1. The lowest BCUT2D eigenvalue weighted by Crippen LogP contribution is -2.54. The van der Waals surface area contributed by atoms with E-state index in [9.17, 15) is 24.0 Å². The maximum atomic E-state index is 14.1. The number of alkyl carbamates (subject to hydrolysis) is 1. The zero-order valence-corrected chi connectivity index (χ0v) is 25.6. The number of amides is 4. The number of carbonyl (C=O) groups is 5. The highest BCUT2D eigenvalue weighted by molar-refractivity contribution is 5.94. The van der Waals surface area contributed by atoms with Gasteiger partial charge in [-0.05, 0) is 53.5 Å². The van der Waals surface area contributed by atoms with Crippen LogP contribution in [-0.4, -0.2) is 66.0 Å². The summed E-state index contributed by atoms with van der Waals surface area (Å²) in [5.74, 6) is -2.40. The summed E-state index contributed by atoms with van der Waals surface area (Å²) in [5.41, 5.74) is 6.96. The number of ether oxygens (including phenoxy) is 2. The predicted octanol–water partition coefficient (Wildman–Crippen LogP) is 3.59. The second-order valence-corrected chi connectivity index (χ2v) is 11.1. The Labute approximate surface area is 243 Å². The van der Waals surface area contributed by atoms with Gasteiger partial charge in [0.15, 0.2) is 0 Å². The van der Waals surface area contributed by atoms with E-state index in [1.54, 1.807) is 27.7 Å². The zero-order valence-electron chi connectivity index (χ0n) is 25.6. The number of nitrogens with two attached hydrogens (primary N) is 1. The van der Waals surface area contributed by atoms with Crippen molar-refractivity contribution < 1.29 is 33.4 Å². The van der Waals surface area contributed by atoms with Crippen LogP contribution in [0, 0.1) is 13.8 Å². The van der Waals surface area contributed by atoms with E-state index in [2.05, 4.69) is 17.6 Å². The zero-order chi connectivity index (χ0) is 31.2. The summed E-state index contributed by atoms with van der Waals surface area (Å²) < 4.78 is 10.3. The van der Waals surface area contributed by atoms with Crippen LogP contribution in [0.25, 0.3) is 0 Å². The van der Waals surface area contributed by atoms with Crippen molar-refractivity contribution in [3.05, 3.63) is 34.9 Å². The van der Waals surface area contributed by atoms with E-state index in [1.165, 1.54) is 4.90 Å². The minimum atomic E-state index is -1.35. The van der Waals surface area contributed by atoms with Gasteiger partial charge in [0, 0.05) is 13.1 Å². The van der Waals surface area contributed by atoms with E-state index >= 15 is 0 Å². The molecule has 0 aliphatic carbocycles. The fraction of sp³-hybridized carbons (Fsp3) is 0.633. The Hall–Kier alpha value is -3.63. The van der Waals surface area contributed by atoms with Crippen LogP contribution < -0.4 is 16.4 Å². The van der Waals surface area contributed by atoms with Crippen molar-refractivity contribution in [3.63, 3.8) is 0 Å². The first-order chi connectivity index (χ1) is 19.2. The van der Waals surface area contributed by atoms with Gasteiger partial charge in [0.05, 0.1) is 19.4 Å². The number of aryl methyl sites for hydroxylation is 2. The van der Waals surface area contributed by atoms with E-state index in [0.717, 1.165) is 30.4 Å². The molecule has 0 radical (unpaired) electrons. The van der Waals surface area contributed by atoms with E-state index in [1.807, 2.05) is 32.0 Å². The van der Waals surface area contributed by atoms with E-state index in [-0.39, 0.29) is 26.1 Å². The molecule has 0 aliphatic heterocycles. The van der Waals surface area contributed by atoms with Gasteiger partial charge in [-0.25, -0.2) is 4.79 Å². The van der Waals surface area contributed by atoms with E-state index < -0.39 is 53.9 Å². The van der Waals surface area contributed by atoms with Crippen LogP contribution in [0.5, 0.6) is 0 Å². The van der Waals surface area contributed by atoms with Crippen LogP contribution in [0.15, 0.2) is 18.2 Å². The molecule has 2 unspecified atom stereocenters. The third kappa shape index (κ3) is 13.5. The normalized spacial score (nSPS) is 12.6. The number of nitrogens with one attached hydrogen (secondary N) is 2. The average Bonchev–Trinajstić information content (AvgIpc) is 2.83. The van der Waals surface area contributed by atoms with Gasteiger partial charge in [0.25, 0.3) is 0 Å². The Bertz CT molecular complexity index is 1030. The first-order valence-corrected chi connectivity index (χ1v) is 14.3. The van der Waals surface area contributed by atoms with Crippen molar-refractivity contribution in [2.75, 3.05) is 19.7 Å². The number of carbonyl (C=O) groups excluding carboxylic acids is 5. The quantitative estimate of drug-likeness (QED) is 0.200. The number of benzene rings is 1. The summed E-state index contributed by atoms with van der Waals surface area (Å²) in [6.45, 7) is 13.0. The maximum absolute atomic E-state index is 14.1. The van der Waals surface area contributed by atoms with Crippen molar-refractivity contribution in [1.82, 2.24) is 15.5 Å². The second kappa shape index (κ2) is 17.2. The molecular formula is C30H48N4O7. The molecule has 230 valence electrons. The molecule has 0 aliphatic rings. The van der Waals surface area contributed by atoms with Gasteiger partial charge >= 0.3 is 12.1 Å². The predicted molar refractivity (Wildman–Crippen MR) is 156 cm³/mol. The molecule has 0 bridgehead atoms. The second-order valence-electron chi connectivity index (χ2n) is 11.1. The first kappa shape index (κ1) is 35.4. The van der Waals surface area contributed by atoms with Crippen molar-refractivity contribution in [1.29, 1.82) is 0 Å². The highest BCUT2D eigenvalue weighted by atomic mass is 16.6. The van der Waals surface area contributed by atoms with Crippen molar-refractivity contribution in [2.45, 2.75) is 105 Å². The van der Waals surface area contributed by atoms with Gasteiger partial charge in [-0.1, -0.05) is 55.5 Å². The Morgan fingerprint density at radius 2 is 1.61 bits per heavy atom. The highest BCUT2D eigenvalue weighted by Crippen LogP contribution is 2.26. The molecule has 1 aromatic carbocycles. The molecule has 0 aromatic heterocycles. The molecule has 1 rings (SSSR count). The summed E-state index contributed by atoms with van der Waals surface area (Å²) in [7, 11) is 0. The largest absolute Gasteiger partial charge is 0.466 e. The van der Waals surface area contributed by atoms with Crippen LogP contribution >= 0.6 is 0 Å². The van der Waals surface area contributed by atoms with Gasteiger partial charge in [-0.3, -0.25) is 19.2 Å². The van der Waals surface area contributed by atoms with Crippen LogP contribution in [0.1, 0.15) is 95.9 Å². The Morgan fingerprint density at radius 3 is 2.15 bits per heavy atom. The fourth-order valence-electron chi connectivity index (χ4n) is 4.38. The van der Waals surface area contributed by atoms with Crippen LogP contribution in [-0.2, 0) is 28.7 Å². The molecule has 4 N–H and O–H groups in total. The fourth-order valence-corrected chi connectivity index (χ4v) is 4.38. The molecule has 2 atom stereocenters. The van der Waals surface area contributed by atoms with Crippen LogP contribution in [0.3, 0.4) is 0 Å². The standard InChI is InChI=1S/C30H48N4O7/c1-8-10-11-12-15-34(28(38)23(19-24(31)35)33-29(39)41-30(5,6)7)26(22-17-20(3)16-21(4)18-22)27(37)32-14-13-25(36)40-9-2/h16-18,23,26H,8-15,19H2,1-7H3,(H2,31,35)(H,32,37)(H,33,39). The van der Waals surface area contributed by atoms with Crippen molar-refractivity contribution >= 4 is 29.8 Å². The summed E-state index contributed by atoms with van der Waals surface area (Å²) in [5, 5.41) is 5.24. The number of hydrogen-bond acceptors (Lipinski definition) is 7. The Morgan fingerprint density at radius 1 is 0.976 bits per heavy atom. The minimum absolute atomic E-state index is 0.0116. The molecule has 0 heterocycles. The third-order valence-electron chi connectivity index (χ3n) is 5.98. The smallest absolute Gasteiger partial charge is 0.408 e. The molecule has 11 heteroatoms. The topological polar surface area (TPSA) is 157 Å². The molecule has 11 nitrogen and oxygen atoms in total.